The van der Waals surface area contributed by atoms with Crippen molar-refractivity contribution in [2.24, 2.45) is 0 Å². The van der Waals surface area contributed by atoms with Gasteiger partial charge >= 0.3 is 0 Å². The van der Waals surface area contributed by atoms with Gasteiger partial charge in [-0.1, -0.05) is 24.3 Å². The number of hydrogen-bond acceptors (Lipinski definition) is 7. The van der Waals surface area contributed by atoms with Gasteiger partial charge in [-0.25, -0.2) is 13.1 Å². The van der Waals surface area contributed by atoms with E-state index in [0.29, 0.717) is 26.3 Å². The van der Waals surface area contributed by atoms with Crippen LogP contribution in [0.15, 0.2) is 53.4 Å². The minimum atomic E-state index is -4.06. The van der Waals surface area contributed by atoms with Crippen LogP contribution in [0.5, 0.6) is 0 Å². The summed E-state index contributed by atoms with van der Waals surface area (Å²) in [5, 5.41) is 11.2. The molecule has 0 bridgehead atoms. The standard InChI is InChI=1S/C20H26N4O5S/c1-22(2)17-9-7-16(8-10-17)19(23-11-13-29-14-12-23)15-21-30(27,28)20-6-4-3-5-18(20)24(25)26/h3-10,19,21H,11-15H2,1-2H3/t19-/m0/s1. The van der Waals surface area contributed by atoms with Crippen molar-refractivity contribution in [1.29, 1.82) is 0 Å². The van der Waals surface area contributed by atoms with Crippen molar-refractivity contribution in [3.63, 3.8) is 0 Å². The zero-order chi connectivity index (χ0) is 21.7. The molecule has 1 saturated heterocycles. The summed E-state index contributed by atoms with van der Waals surface area (Å²) in [6.45, 7) is 2.59. The summed E-state index contributed by atoms with van der Waals surface area (Å²) in [5.41, 5.74) is 1.57. The molecule has 1 aliphatic rings. The smallest absolute Gasteiger partial charge is 0.289 e. The van der Waals surface area contributed by atoms with E-state index in [1.807, 2.05) is 43.3 Å². The van der Waals surface area contributed by atoms with Gasteiger partial charge in [0.25, 0.3) is 5.69 Å². The second-order valence-electron chi connectivity index (χ2n) is 7.23. The van der Waals surface area contributed by atoms with E-state index in [1.165, 1.54) is 24.3 Å². The van der Waals surface area contributed by atoms with Crippen LogP contribution in [0.3, 0.4) is 0 Å². The number of sulfonamides is 1. The molecule has 1 heterocycles. The number of nitrogens with zero attached hydrogens (tertiary/aromatic N) is 3. The molecule has 0 saturated carbocycles. The Labute approximate surface area is 176 Å². The monoisotopic (exact) mass is 434 g/mol. The number of anilines is 1. The molecule has 0 spiro atoms. The zero-order valence-electron chi connectivity index (χ0n) is 17.0. The fraction of sp³-hybridized carbons (Fsp3) is 0.400. The van der Waals surface area contributed by atoms with Gasteiger partial charge in [0, 0.05) is 51.5 Å². The fourth-order valence-corrected chi connectivity index (χ4v) is 4.65. The van der Waals surface area contributed by atoms with Crippen LogP contribution in [-0.4, -0.2) is 65.2 Å². The van der Waals surface area contributed by atoms with E-state index in [9.17, 15) is 18.5 Å². The Hall–Kier alpha value is -2.53. The number of nitro groups is 1. The van der Waals surface area contributed by atoms with Gasteiger partial charge in [0.2, 0.25) is 10.0 Å². The molecule has 0 unspecified atom stereocenters. The maximum Gasteiger partial charge on any atom is 0.289 e. The van der Waals surface area contributed by atoms with Gasteiger partial charge in [0.1, 0.15) is 0 Å². The first kappa shape index (κ1) is 22.2. The number of para-hydroxylation sites is 1. The number of benzene rings is 2. The topological polar surface area (TPSA) is 105 Å². The van der Waals surface area contributed by atoms with Crippen LogP contribution in [-0.2, 0) is 14.8 Å². The molecule has 1 fully saturated rings. The van der Waals surface area contributed by atoms with E-state index < -0.39 is 20.6 Å². The van der Waals surface area contributed by atoms with E-state index in [4.69, 9.17) is 4.74 Å². The first-order valence-electron chi connectivity index (χ1n) is 9.62. The summed E-state index contributed by atoms with van der Waals surface area (Å²) in [7, 11) is -0.150. The van der Waals surface area contributed by atoms with Gasteiger partial charge in [-0.15, -0.1) is 0 Å². The molecule has 1 N–H and O–H groups in total. The highest BCUT2D eigenvalue weighted by molar-refractivity contribution is 7.89. The van der Waals surface area contributed by atoms with Crippen LogP contribution in [0.4, 0.5) is 11.4 Å². The summed E-state index contributed by atoms with van der Waals surface area (Å²) >= 11 is 0. The van der Waals surface area contributed by atoms with Crippen LogP contribution in [0.2, 0.25) is 0 Å². The molecule has 0 radical (unpaired) electrons. The minimum absolute atomic E-state index is 0.0929. The van der Waals surface area contributed by atoms with Crippen molar-refractivity contribution < 1.29 is 18.1 Å². The van der Waals surface area contributed by atoms with Crippen LogP contribution < -0.4 is 9.62 Å². The van der Waals surface area contributed by atoms with E-state index in [-0.39, 0.29) is 17.5 Å². The van der Waals surface area contributed by atoms with Crippen LogP contribution in [0, 0.1) is 10.1 Å². The van der Waals surface area contributed by atoms with E-state index >= 15 is 0 Å². The number of hydrogen-bond donors (Lipinski definition) is 1. The molecule has 0 aromatic heterocycles. The maximum absolute atomic E-state index is 12.9. The normalized spacial score (nSPS) is 16.2. The number of ether oxygens (including phenoxy) is 1. The molecular formula is C20H26N4O5S. The second-order valence-corrected chi connectivity index (χ2v) is 8.96. The summed E-state index contributed by atoms with van der Waals surface area (Å²) < 4.78 is 33.7. The largest absolute Gasteiger partial charge is 0.379 e. The van der Waals surface area contributed by atoms with Crippen molar-refractivity contribution in [2.75, 3.05) is 51.8 Å². The summed E-state index contributed by atoms with van der Waals surface area (Å²) in [6, 6.07) is 13.1. The highest BCUT2D eigenvalue weighted by Gasteiger charge is 2.28. The lowest BCUT2D eigenvalue weighted by Crippen LogP contribution is -2.43. The third-order valence-corrected chi connectivity index (χ3v) is 6.57. The van der Waals surface area contributed by atoms with Crippen molar-refractivity contribution in [3.05, 3.63) is 64.2 Å². The first-order chi connectivity index (χ1) is 14.3. The van der Waals surface area contributed by atoms with Gasteiger partial charge < -0.3 is 9.64 Å². The molecule has 30 heavy (non-hydrogen) atoms. The predicted octanol–water partition coefficient (Wildman–Crippen LogP) is 2.01. The second kappa shape index (κ2) is 9.52. The number of rotatable bonds is 8. The summed E-state index contributed by atoms with van der Waals surface area (Å²) in [6.07, 6.45) is 0. The molecule has 0 aliphatic carbocycles. The third kappa shape index (κ3) is 5.14. The number of morpholine rings is 1. The van der Waals surface area contributed by atoms with Crippen molar-refractivity contribution in [3.8, 4) is 0 Å². The quantitative estimate of drug-likeness (QED) is 0.500. The molecular weight excluding hydrogens is 408 g/mol. The first-order valence-corrected chi connectivity index (χ1v) is 11.1. The van der Waals surface area contributed by atoms with E-state index in [2.05, 4.69) is 9.62 Å². The number of nitrogens with one attached hydrogen (secondary N) is 1. The Morgan fingerprint density at radius 1 is 1.13 bits per heavy atom. The van der Waals surface area contributed by atoms with Gasteiger partial charge in [-0.3, -0.25) is 15.0 Å². The van der Waals surface area contributed by atoms with Gasteiger partial charge in [0.15, 0.2) is 4.90 Å². The summed E-state index contributed by atoms with van der Waals surface area (Å²) in [5.74, 6) is 0. The van der Waals surface area contributed by atoms with E-state index in [0.717, 1.165) is 11.3 Å². The average Bonchev–Trinajstić information content (AvgIpc) is 2.75. The Kier molecular flexibility index (Phi) is 7.03. The molecule has 2 aromatic carbocycles. The molecule has 10 heteroatoms. The van der Waals surface area contributed by atoms with E-state index in [1.54, 1.807) is 0 Å². The third-order valence-electron chi connectivity index (χ3n) is 5.10. The van der Waals surface area contributed by atoms with Gasteiger partial charge in [0.05, 0.1) is 18.1 Å². The molecule has 2 aromatic rings. The maximum atomic E-state index is 12.9. The summed E-state index contributed by atoms with van der Waals surface area (Å²) in [4.78, 5) is 14.4. The van der Waals surface area contributed by atoms with Crippen molar-refractivity contribution >= 4 is 21.4 Å². The van der Waals surface area contributed by atoms with Crippen LogP contribution in [0.25, 0.3) is 0 Å². The van der Waals surface area contributed by atoms with Crippen LogP contribution >= 0.6 is 0 Å². The molecule has 9 nitrogen and oxygen atoms in total. The van der Waals surface area contributed by atoms with Gasteiger partial charge in [-0.2, -0.15) is 0 Å². The molecule has 1 atom stereocenters. The van der Waals surface area contributed by atoms with Crippen molar-refractivity contribution in [1.82, 2.24) is 9.62 Å². The Morgan fingerprint density at radius 3 is 2.37 bits per heavy atom. The lowest BCUT2D eigenvalue weighted by Gasteiger charge is -2.35. The Bertz CT molecular complexity index is 973. The molecule has 3 rings (SSSR count). The molecule has 162 valence electrons. The SMILES string of the molecule is CN(C)c1ccc([C@H](CNS(=O)(=O)c2ccccc2[N+](=O)[O-])N2CCOCC2)cc1. The average molecular weight is 435 g/mol. The molecule has 1 aliphatic heterocycles. The highest BCUT2D eigenvalue weighted by Crippen LogP contribution is 2.26. The van der Waals surface area contributed by atoms with Crippen molar-refractivity contribution in [2.45, 2.75) is 10.9 Å². The molecule has 0 amide bonds. The van der Waals surface area contributed by atoms with Crippen LogP contribution in [0.1, 0.15) is 11.6 Å². The fourth-order valence-electron chi connectivity index (χ4n) is 3.44. The Balaban J connectivity index is 1.85. The Morgan fingerprint density at radius 2 is 1.77 bits per heavy atom. The minimum Gasteiger partial charge on any atom is -0.379 e. The highest BCUT2D eigenvalue weighted by atomic mass is 32.2. The lowest BCUT2D eigenvalue weighted by atomic mass is 10.0. The lowest BCUT2D eigenvalue weighted by molar-refractivity contribution is -0.387. The zero-order valence-corrected chi connectivity index (χ0v) is 17.8. The van der Waals surface area contributed by atoms with Gasteiger partial charge in [-0.05, 0) is 23.8 Å². The number of nitro benzene ring substituents is 1. The predicted molar refractivity (Wildman–Crippen MR) is 114 cm³/mol.